The van der Waals surface area contributed by atoms with E-state index < -0.39 is 0 Å². The molecule has 0 spiro atoms. The molecule has 0 aromatic rings. The fourth-order valence-corrected chi connectivity index (χ4v) is 3.20. The number of ether oxygens (including phenoxy) is 1. The van der Waals surface area contributed by atoms with Crippen molar-refractivity contribution >= 4 is 0 Å². The van der Waals surface area contributed by atoms with E-state index in [-0.39, 0.29) is 5.60 Å². The Morgan fingerprint density at radius 2 is 1.94 bits per heavy atom. The number of nitrogens with zero attached hydrogens (tertiary/aromatic N) is 1. The van der Waals surface area contributed by atoms with E-state index in [1.165, 1.54) is 45.3 Å². The van der Waals surface area contributed by atoms with Crippen molar-refractivity contribution in [3.05, 3.63) is 0 Å². The van der Waals surface area contributed by atoms with Crippen LogP contribution in [0.25, 0.3) is 0 Å². The molecule has 1 N–H and O–H groups in total. The second-order valence-corrected chi connectivity index (χ2v) is 6.39. The zero-order chi connectivity index (χ0) is 12.3. The van der Waals surface area contributed by atoms with Crippen LogP contribution in [-0.4, -0.2) is 49.8 Å². The highest BCUT2D eigenvalue weighted by atomic mass is 16.5. The Labute approximate surface area is 106 Å². The van der Waals surface area contributed by atoms with Crippen molar-refractivity contribution in [2.24, 2.45) is 5.92 Å². The van der Waals surface area contributed by atoms with Crippen LogP contribution in [0.5, 0.6) is 0 Å². The largest absolute Gasteiger partial charge is 0.375 e. The van der Waals surface area contributed by atoms with Gasteiger partial charge in [-0.05, 0) is 65.6 Å². The highest BCUT2D eigenvalue weighted by molar-refractivity contribution is 4.85. The Morgan fingerprint density at radius 3 is 2.59 bits per heavy atom. The standard InChI is InChI=1S/C14H28N2O/c1-14(2)10-13(6-9-17-14)16(3)11-12-4-7-15-8-5-12/h12-13,15H,4-11H2,1-3H3. The minimum absolute atomic E-state index is 0.0747. The molecule has 0 bridgehead atoms. The average Bonchev–Trinajstić information content (AvgIpc) is 2.29. The average molecular weight is 240 g/mol. The molecule has 0 aliphatic carbocycles. The van der Waals surface area contributed by atoms with Gasteiger partial charge in [0.15, 0.2) is 0 Å². The number of hydrogen-bond acceptors (Lipinski definition) is 3. The van der Waals surface area contributed by atoms with Crippen molar-refractivity contribution in [1.29, 1.82) is 0 Å². The third-order valence-corrected chi connectivity index (χ3v) is 4.30. The lowest BCUT2D eigenvalue weighted by molar-refractivity contribution is -0.0816. The van der Waals surface area contributed by atoms with E-state index in [0.29, 0.717) is 6.04 Å². The summed E-state index contributed by atoms with van der Waals surface area (Å²) >= 11 is 0. The smallest absolute Gasteiger partial charge is 0.0641 e. The van der Waals surface area contributed by atoms with Crippen molar-refractivity contribution in [2.45, 2.75) is 51.2 Å². The molecular formula is C14H28N2O. The second-order valence-electron chi connectivity index (χ2n) is 6.39. The molecule has 2 aliphatic rings. The molecule has 1 unspecified atom stereocenters. The molecule has 2 saturated heterocycles. The molecule has 0 aromatic carbocycles. The first-order chi connectivity index (χ1) is 8.07. The Kier molecular flexibility index (Phi) is 4.45. The Bertz CT molecular complexity index is 236. The summed E-state index contributed by atoms with van der Waals surface area (Å²) in [6.45, 7) is 9.04. The van der Waals surface area contributed by atoms with Gasteiger partial charge in [-0.1, -0.05) is 0 Å². The Hall–Kier alpha value is -0.120. The predicted octanol–water partition coefficient (Wildman–Crippen LogP) is 1.88. The third-order valence-electron chi connectivity index (χ3n) is 4.30. The maximum atomic E-state index is 5.80. The van der Waals surface area contributed by atoms with Crippen LogP contribution in [-0.2, 0) is 4.74 Å². The normalized spacial score (nSPS) is 30.7. The molecule has 0 aromatic heterocycles. The van der Waals surface area contributed by atoms with Gasteiger partial charge in [-0.2, -0.15) is 0 Å². The number of piperidine rings is 1. The van der Waals surface area contributed by atoms with E-state index in [1.807, 2.05) is 0 Å². The van der Waals surface area contributed by atoms with E-state index >= 15 is 0 Å². The van der Waals surface area contributed by atoms with Crippen LogP contribution in [0.2, 0.25) is 0 Å². The molecule has 2 rings (SSSR count). The summed E-state index contributed by atoms with van der Waals surface area (Å²) in [5, 5.41) is 3.44. The SMILES string of the molecule is CN(CC1CCNCC1)C1CCOC(C)(C)C1. The molecule has 3 heteroatoms. The fourth-order valence-electron chi connectivity index (χ4n) is 3.20. The van der Waals surface area contributed by atoms with Crippen molar-refractivity contribution in [3.63, 3.8) is 0 Å². The van der Waals surface area contributed by atoms with Gasteiger partial charge in [0.2, 0.25) is 0 Å². The zero-order valence-corrected chi connectivity index (χ0v) is 11.7. The molecule has 2 heterocycles. The second kappa shape index (κ2) is 5.68. The first-order valence-electron chi connectivity index (χ1n) is 7.12. The summed E-state index contributed by atoms with van der Waals surface area (Å²) in [5.74, 6) is 0.896. The van der Waals surface area contributed by atoms with Gasteiger partial charge in [0, 0.05) is 19.2 Å². The number of hydrogen-bond donors (Lipinski definition) is 1. The lowest BCUT2D eigenvalue weighted by Crippen LogP contribution is -2.46. The lowest BCUT2D eigenvalue weighted by Gasteiger charge is -2.41. The quantitative estimate of drug-likeness (QED) is 0.815. The van der Waals surface area contributed by atoms with Gasteiger partial charge in [-0.3, -0.25) is 0 Å². The van der Waals surface area contributed by atoms with Crippen LogP contribution in [0.1, 0.15) is 39.5 Å². The van der Waals surface area contributed by atoms with Crippen LogP contribution in [0, 0.1) is 5.92 Å². The zero-order valence-electron chi connectivity index (χ0n) is 11.7. The minimum Gasteiger partial charge on any atom is -0.375 e. The van der Waals surface area contributed by atoms with Gasteiger partial charge < -0.3 is 15.0 Å². The van der Waals surface area contributed by atoms with Gasteiger partial charge in [0.05, 0.1) is 5.60 Å². The molecular weight excluding hydrogens is 212 g/mol. The molecule has 2 aliphatic heterocycles. The molecule has 2 fully saturated rings. The van der Waals surface area contributed by atoms with E-state index in [2.05, 4.69) is 31.1 Å². The fraction of sp³-hybridized carbons (Fsp3) is 1.00. The summed E-state index contributed by atoms with van der Waals surface area (Å²) < 4.78 is 5.80. The topological polar surface area (TPSA) is 24.5 Å². The Balaban J connectivity index is 1.80. The van der Waals surface area contributed by atoms with Crippen molar-refractivity contribution in [1.82, 2.24) is 10.2 Å². The summed E-state index contributed by atoms with van der Waals surface area (Å²) in [6, 6.07) is 0.716. The molecule has 100 valence electrons. The van der Waals surface area contributed by atoms with Crippen LogP contribution >= 0.6 is 0 Å². The maximum absolute atomic E-state index is 5.80. The maximum Gasteiger partial charge on any atom is 0.0641 e. The van der Waals surface area contributed by atoms with Crippen LogP contribution < -0.4 is 5.32 Å². The highest BCUT2D eigenvalue weighted by Gasteiger charge is 2.31. The van der Waals surface area contributed by atoms with Crippen LogP contribution in [0.3, 0.4) is 0 Å². The van der Waals surface area contributed by atoms with Gasteiger partial charge in [0.25, 0.3) is 0 Å². The first-order valence-corrected chi connectivity index (χ1v) is 7.12. The summed E-state index contributed by atoms with van der Waals surface area (Å²) in [5.41, 5.74) is 0.0747. The lowest BCUT2D eigenvalue weighted by atomic mass is 9.91. The van der Waals surface area contributed by atoms with Crippen molar-refractivity contribution in [3.8, 4) is 0 Å². The van der Waals surface area contributed by atoms with E-state index in [9.17, 15) is 0 Å². The van der Waals surface area contributed by atoms with Gasteiger partial charge in [0.1, 0.15) is 0 Å². The van der Waals surface area contributed by atoms with Crippen molar-refractivity contribution < 1.29 is 4.74 Å². The summed E-state index contributed by atoms with van der Waals surface area (Å²) in [7, 11) is 2.30. The molecule has 1 atom stereocenters. The molecule has 0 amide bonds. The highest BCUT2D eigenvalue weighted by Crippen LogP contribution is 2.27. The number of nitrogens with one attached hydrogen (secondary N) is 1. The first kappa shape index (κ1) is 13.3. The summed E-state index contributed by atoms with van der Waals surface area (Å²) in [6.07, 6.45) is 5.06. The molecule has 17 heavy (non-hydrogen) atoms. The number of rotatable bonds is 3. The monoisotopic (exact) mass is 240 g/mol. The van der Waals surface area contributed by atoms with E-state index in [0.717, 1.165) is 12.5 Å². The third kappa shape index (κ3) is 3.94. The minimum atomic E-state index is 0.0747. The molecule has 3 nitrogen and oxygen atoms in total. The van der Waals surface area contributed by atoms with Gasteiger partial charge >= 0.3 is 0 Å². The Morgan fingerprint density at radius 1 is 1.24 bits per heavy atom. The van der Waals surface area contributed by atoms with Gasteiger partial charge in [-0.25, -0.2) is 0 Å². The van der Waals surface area contributed by atoms with Gasteiger partial charge in [-0.15, -0.1) is 0 Å². The summed E-state index contributed by atoms with van der Waals surface area (Å²) in [4.78, 5) is 2.58. The van der Waals surface area contributed by atoms with E-state index in [1.54, 1.807) is 0 Å². The van der Waals surface area contributed by atoms with Crippen molar-refractivity contribution in [2.75, 3.05) is 33.3 Å². The van der Waals surface area contributed by atoms with E-state index in [4.69, 9.17) is 4.74 Å². The van der Waals surface area contributed by atoms with Crippen LogP contribution in [0.4, 0.5) is 0 Å². The molecule has 0 saturated carbocycles. The van der Waals surface area contributed by atoms with Crippen LogP contribution in [0.15, 0.2) is 0 Å². The predicted molar refractivity (Wildman–Crippen MR) is 71.3 cm³/mol. The molecule has 0 radical (unpaired) electrons.